The number of hydrogen-bond acceptors (Lipinski definition) is 1. The van der Waals surface area contributed by atoms with E-state index >= 15 is 0 Å². The van der Waals surface area contributed by atoms with Gasteiger partial charge < -0.3 is 0 Å². The second kappa shape index (κ2) is 4.15. The maximum Gasteiger partial charge on any atom is 0.267 e. The van der Waals surface area contributed by atoms with Crippen LogP contribution in [0.15, 0.2) is 6.20 Å². The predicted molar refractivity (Wildman–Crippen MR) is 43.7 cm³/mol. The van der Waals surface area contributed by atoms with Crippen LogP contribution in [0.25, 0.3) is 0 Å². The minimum atomic E-state index is -2.87. The summed E-state index contributed by atoms with van der Waals surface area (Å²) < 4.78 is 37.3. The molecule has 0 N–H and O–H groups in total. The molecule has 0 aliphatic rings. The Balaban J connectivity index is 3.32. The van der Waals surface area contributed by atoms with Crippen molar-refractivity contribution in [3.05, 3.63) is 28.3 Å². The SMILES string of the molecule is Fc1cnc(CCl)c(C(F)F)c1Cl. The summed E-state index contributed by atoms with van der Waals surface area (Å²) in [4.78, 5) is 3.41. The maximum absolute atomic E-state index is 12.7. The van der Waals surface area contributed by atoms with Crippen LogP contribution >= 0.6 is 23.2 Å². The summed E-state index contributed by atoms with van der Waals surface area (Å²) in [5, 5.41) is -0.611. The second-order valence-corrected chi connectivity index (χ2v) is 2.86. The molecule has 72 valence electrons. The van der Waals surface area contributed by atoms with Crippen molar-refractivity contribution in [2.45, 2.75) is 12.3 Å². The lowest BCUT2D eigenvalue weighted by atomic mass is 10.2. The number of rotatable bonds is 2. The zero-order valence-corrected chi connectivity index (χ0v) is 7.71. The highest BCUT2D eigenvalue weighted by Crippen LogP contribution is 2.31. The van der Waals surface area contributed by atoms with Crippen LogP contribution in [-0.4, -0.2) is 4.98 Å². The van der Waals surface area contributed by atoms with Gasteiger partial charge >= 0.3 is 0 Å². The Kier molecular flexibility index (Phi) is 3.39. The number of aromatic nitrogens is 1. The van der Waals surface area contributed by atoms with Gasteiger partial charge in [-0.15, -0.1) is 11.6 Å². The Hall–Kier alpha value is -0.480. The van der Waals surface area contributed by atoms with Crippen LogP contribution in [0.5, 0.6) is 0 Å². The first-order valence-electron chi connectivity index (χ1n) is 3.24. The van der Waals surface area contributed by atoms with E-state index in [-0.39, 0.29) is 11.6 Å². The molecule has 13 heavy (non-hydrogen) atoms. The lowest BCUT2D eigenvalue weighted by Gasteiger charge is -2.07. The molecular formula is C7H4Cl2F3N. The van der Waals surface area contributed by atoms with Crippen molar-refractivity contribution in [1.82, 2.24) is 4.98 Å². The van der Waals surface area contributed by atoms with Gasteiger partial charge in [-0.3, -0.25) is 4.98 Å². The van der Waals surface area contributed by atoms with E-state index in [4.69, 9.17) is 23.2 Å². The van der Waals surface area contributed by atoms with E-state index in [0.29, 0.717) is 0 Å². The van der Waals surface area contributed by atoms with Gasteiger partial charge in [0.05, 0.1) is 28.4 Å². The van der Waals surface area contributed by atoms with Gasteiger partial charge in [0.1, 0.15) is 0 Å². The zero-order chi connectivity index (χ0) is 10.0. The quantitative estimate of drug-likeness (QED) is 0.708. The Morgan fingerprint density at radius 2 is 2.08 bits per heavy atom. The Morgan fingerprint density at radius 1 is 1.46 bits per heavy atom. The second-order valence-electron chi connectivity index (χ2n) is 2.21. The topological polar surface area (TPSA) is 12.9 Å². The first-order chi connectivity index (χ1) is 6.07. The molecule has 0 amide bonds. The first-order valence-corrected chi connectivity index (χ1v) is 4.16. The monoisotopic (exact) mass is 229 g/mol. The highest BCUT2D eigenvalue weighted by Gasteiger charge is 2.20. The molecule has 0 saturated heterocycles. The molecular weight excluding hydrogens is 226 g/mol. The molecule has 0 radical (unpaired) electrons. The van der Waals surface area contributed by atoms with Crippen LogP contribution in [0, 0.1) is 5.82 Å². The Morgan fingerprint density at radius 3 is 2.54 bits per heavy atom. The normalized spacial score (nSPS) is 10.9. The largest absolute Gasteiger partial charge is 0.267 e. The predicted octanol–water partition coefficient (Wildman–Crippen LogP) is 3.55. The van der Waals surface area contributed by atoms with Crippen molar-refractivity contribution in [1.29, 1.82) is 0 Å². The number of halogens is 5. The van der Waals surface area contributed by atoms with Crippen molar-refractivity contribution < 1.29 is 13.2 Å². The summed E-state index contributed by atoms with van der Waals surface area (Å²) in [7, 11) is 0. The molecule has 1 rings (SSSR count). The Bertz CT molecular complexity index is 317. The summed E-state index contributed by atoms with van der Waals surface area (Å²) >= 11 is 10.6. The average molecular weight is 230 g/mol. The van der Waals surface area contributed by atoms with Crippen molar-refractivity contribution in [2.24, 2.45) is 0 Å². The van der Waals surface area contributed by atoms with Gasteiger partial charge in [0.25, 0.3) is 6.43 Å². The molecule has 1 aromatic rings. The fourth-order valence-electron chi connectivity index (χ4n) is 0.844. The van der Waals surface area contributed by atoms with Gasteiger partial charge in [0.15, 0.2) is 5.82 Å². The van der Waals surface area contributed by atoms with Crippen LogP contribution in [0.3, 0.4) is 0 Å². The molecule has 0 saturated carbocycles. The molecule has 1 aromatic heterocycles. The van der Waals surface area contributed by atoms with Crippen LogP contribution in [0.2, 0.25) is 5.02 Å². The summed E-state index contributed by atoms with van der Waals surface area (Å²) in [6.07, 6.45) is -2.10. The molecule has 0 spiro atoms. The van der Waals surface area contributed by atoms with Crippen LogP contribution in [-0.2, 0) is 5.88 Å². The number of alkyl halides is 3. The molecule has 0 atom stereocenters. The number of hydrogen-bond donors (Lipinski definition) is 0. The summed E-state index contributed by atoms with van der Waals surface area (Å²) in [5.74, 6) is -1.19. The van der Waals surface area contributed by atoms with E-state index in [1.165, 1.54) is 0 Å². The van der Waals surface area contributed by atoms with Gasteiger partial charge in [-0.1, -0.05) is 11.6 Å². The van der Waals surface area contributed by atoms with E-state index in [0.717, 1.165) is 6.20 Å². The van der Waals surface area contributed by atoms with Crippen LogP contribution in [0.1, 0.15) is 17.7 Å². The average Bonchev–Trinajstić information content (AvgIpc) is 2.08. The summed E-state index contributed by atoms with van der Waals surface area (Å²) in [6, 6.07) is 0. The minimum Gasteiger partial charge on any atom is -0.256 e. The van der Waals surface area contributed by atoms with Crippen LogP contribution in [0.4, 0.5) is 13.2 Å². The minimum absolute atomic E-state index is 0.0944. The van der Waals surface area contributed by atoms with E-state index < -0.39 is 22.8 Å². The first kappa shape index (κ1) is 10.6. The third-order valence-electron chi connectivity index (χ3n) is 1.44. The zero-order valence-electron chi connectivity index (χ0n) is 6.20. The molecule has 0 aromatic carbocycles. The molecule has 0 unspecified atom stereocenters. The van der Waals surface area contributed by atoms with Gasteiger partial charge in [0.2, 0.25) is 0 Å². The van der Waals surface area contributed by atoms with E-state index in [9.17, 15) is 13.2 Å². The van der Waals surface area contributed by atoms with Crippen molar-refractivity contribution in [2.75, 3.05) is 0 Å². The Labute approximate surface area is 82.5 Å². The van der Waals surface area contributed by atoms with Gasteiger partial charge in [-0.25, -0.2) is 13.2 Å². The van der Waals surface area contributed by atoms with E-state index in [2.05, 4.69) is 4.98 Å². The van der Waals surface area contributed by atoms with Crippen molar-refractivity contribution in [3.63, 3.8) is 0 Å². The smallest absolute Gasteiger partial charge is 0.256 e. The molecule has 0 fully saturated rings. The third kappa shape index (κ3) is 2.06. The highest BCUT2D eigenvalue weighted by molar-refractivity contribution is 6.31. The highest BCUT2D eigenvalue weighted by atomic mass is 35.5. The molecule has 0 bridgehead atoms. The van der Waals surface area contributed by atoms with Gasteiger partial charge in [-0.2, -0.15) is 0 Å². The molecule has 6 heteroatoms. The fourth-order valence-corrected chi connectivity index (χ4v) is 1.30. The molecule has 0 aliphatic carbocycles. The number of nitrogens with zero attached hydrogens (tertiary/aromatic N) is 1. The summed E-state index contributed by atoms with van der Waals surface area (Å²) in [5.41, 5.74) is -0.722. The number of pyridine rings is 1. The van der Waals surface area contributed by atoms with Crippen molar-refractivity contribution in [3.8, 4) is 0 Å². The molecule has 0 aliphatic heterocycles. The maximum atomic E-state index is 12.7. The summed E-state index contributed by atoms with van der Waals surface area (Å²) in [6.45, 7) is 0. The molecule has 1 nitrogen and oxygen atoms in total. The standard InChI is InChI=1S/C7H4Cl2F3N/c8-1-4-5(7(11)12)6(9)3(10)2-13-4/h2,7H,1H2. The molecule has 1 heterocycles. The lowest BCUT2D eigenvalue weighted by molar-refractivity contribution is 0.149. The van der Waals surface area contributed by atoms with Gasteiger partial charge in [-0.05, 0) is 0 Å². The van der Waals surface area contributed by atoms with Gasteiger partial charge in [0, 0.05) is 0 Å². The van der Waals surface area contributed by atoms with E-state index in [1.807, 2.05) is 0 Å². The third-order valence-corrected chi connectivity index (χ3v) is 2.07. The fraction of sp³-hybridized carbons (Fsp3) is 0.286. The van der Waals surface area contributed by atoms with Crippen molar-refractivity contribution >= 4 is 23.2 Å². The van der Waals surface area contributed by atoms with Crippen LogP contribution < -0.4 is 0 Å². The van der Waals surface area contributed by atoms with E-state index in [1.54, 1.807) is 0 Å². The lowest BCUT2D eigenvalue weighted by Crippen LogP contribution is -1.99.